The lowest BCUT2D eigenvalue weighted by molar-refractivity contribution is -0.155. The maximum absolute atomic E-state index is 10.7. The Hall–Kier alpha value is -1.39. The second-order valence-corrected chi connectivity index (χ2v) is 6.50. The maximum Gasteiger partial charge on any atom is 0.330 e. The molecule has 1 fully saturated rings. The van der Waals surface area contributed by atoms with Crippen LogP contribution in [0.25, 0.3) is 0 Å². The van der Waals surface area contributed by atoms with E-state index in [1.54, 1.807) is 13.0 Å². The van der Waals surface area contributed by atoms with E-state index in [0.29, 0.717) is 12.2 Å². The molecule has 24 heavy (non-hydrogen) atoms. The van der Waals surface area contributed by atoms with Crippen LogP contribution in [0.5, 0.6) is 0 Å². The lowest BCUT2D eigenvalue weighted by Gasteiger charge is -2.22. The molecule has 4 heteroatoms. The number of carboxylic acid groups (broad SMARTS) is 1. The molecule has 1 aliphatic rings. The predicted octanol–water partition coefficient (Wildman–Crippen LogP) is 5.01. The van der Waals surface area contributed by atoms with Gasteiger partial charge in [-0.2, -0.15) is 0 Å². The largest absolute Gasteiger partial charge is 0.478 e. The molecule has 0 saturated carbocycles. The fourth-order valence-corrected chi connectivity index (χ4v) is 2.49. The second kappa shape index (κ2) is 12.0. The van der Waals surface area contributed by atoms with Crippen molar-refractivity contribution in [2.45, 2.75) is 72.0 Å². The Kier molecular flexibility index (Phi) is 10.4. The van der Waals surface area contributed by atoms with Gasteiger partial charge in [0, 0.05) is 12.2 Å². The summed E-state index contributed by atoms with van der Waals surface area (Å²) in [5, 5.41) is 8.80. The van der Waals surface area contributed by atoms with Gasteiger partial charge in [-0.25, -0.2) is 4.79 Å². The van der Waals surface area contributed by atoms with Crippen molar-refractivity contribution in [2.24, 2.45) is 0 Å². The monoisotopic (exact) mass is 336 g/mol. The number of carboxylic acids is 1. The van der Waals surface area contributed by atoms with E-state index in [-0.39, 0.29) is 6.29 Å². The molecule has 1 unspecified atom stereocenters. The van der Waals surface area contributed by atoms with Crippen LogP contribution in [0.15, 0.2) is 34.9 Å². The van der Waals surface area contributed by atoms with Crippen LogP contribution >= 0.6 is 0 Å². The fourth-order valence-electron chi connectivity index (χ4n) is 2.49. The van der Waals surface area contributed by atoms with Crippen LogP contribution in [0.2, 0.25) is 0 Å². The first kappa shape index (κ1) is 20.7. The van der Waals surface area contributed by atoms with Gasteiger partial charge in [-0.05, 0) is 65.7 Å². The van der Waals surface area contributed by atoms with Crippen molar-refractivity contribution in [1.29, 1.82) is 0 Å². The predicted molar refractivity (Wildman–Crippen MR) is 96.9 cm³/mol. The van der Waals surface area contributed by atoms with E-state index in [0.717, 1.165) is 45.1 Å². The molecule has 0 spiro atoms. The van der Waals surface area contributed by atoms with Gasteiger partial charge in [0.25, 0.3) is 0 Å². The van der Waals surface area contributed by atoms with E-state index in [9.17, 15) is 4.79 Å². The minimum atomic E-state index is -0.835. The summed E-state index contributed by atoms with van der Waals surface area (Å²) in [6.07, 6.45) is 13.2. The Balaban J connectivity index is 2.17. The molecule has 1 atom stereocenters. The first-order valence-corrected chi connectivity index (χ1v) is 8.93. The van der Waals surface area contributed by atoms with Crippen LogP contribution in [0.1, 0.15) is 65.7 Å². The first-order chi connectivity index (χ1) is 11.5. The van der Waals surface area contributed by atoms with Crippen molar-refractivity contribution in [2.75, 3.05) is 13.2 Å². The van der Waals surface area contributed by atoms with Crippen molar-refractivity contribution in [3.8, 4) is 0 Å². The van der Waals surface area contributed by atoms with Crippen molar-refractivity contribution < 1.29 is 19.4 Å². The molecular formula is C20H32O4. The third-order valence-corrected chi connectivity index (χ3v) is 4.21. The standard InChI is InChI=1S/C20H32O4/c1-16(10-7-11-18(3)20(21)22)8-6-9-17(2)13-15-24-19-12-4-5-14-23-19/h8,11,13,19H,4-7,9-10,12,14-15H2,1-3H3,(H,21,22). The average Bonchev–Trinajstić information content (AvgIpc) is 2.55. The molecule has 0 aromatic heterocycles. The molecule has 0 amide bonds. The summed E-state index contributed by atoms with van der Waals surface area (Å²) in [5.41, 5.74) is 3.06. The van der Waals surface area contributed by atoms with Crippen LogP contribution in [-0.2, 0) is 14.3 Å². The zero-order valence-corrected chi connectivity index (χ0v) is 15.3. The molecule has 1 rings (SSSR count). The van der Waals surface area contributed by atoms with Gasteiger partial charge in [-0.3, -0.25) is 0 Å². The van der Waals surface area contributed by atoms with Gasteiger partial charge < -0.3 is 14.6 Å². The van der Waals surface area contributed by atoms with Gasteiger partial charge in [0.05, 0.1) is 6.61 Å². The molecule has 1 saturated heterocycles. The molecule has 4 nitrogen and oxygen atoms in total. The van der Waals surface area contributed by atoms with Crippen molar-refractivity contribution in [1.82, 2.24) is 0 Å². The van der Waals surface area contributed by atoms with E-state index in [2.05, 4.69) is 26.0 Å². The van der Waals surface area contributed by atoms with E-state index in [4.69, 9.17) is 14.6 Å². The number of carbonyl (C=O) groups is 1. The van der Waals surface area contributed by atoms with Crippen LogP contribution in [-0.4, -0.2) is 30.6 Å². The fraction of sp³-hybridized carbons (Fsp3) is 0.650. The van der Waals surface area contributed by atoms with E-state index < -0.39 is 5.97 Å². The highest BCUT2D eigenvalue weighted by Gasteiger charge is 2.12. The molecular weight excluding hydrogens is 304 g/mol. The summed E-state index contributed by atoms with van der Waals surface area (Å²) >= 11 is 0. The molecule has 0 aromatic rings. The number of rotatable bonds is 10. The molecule has 1 heterocycles. The quantitative estimate of drug-likeness (QED) is 0.450. The van der Waals surface area contributed by atoms with Crippen molar-refractivity contribution in [3.05, 3.63) is 34.9 Å². The molecule has 1 aliphatic heterocycles. The minimum Gasteiger partial charge on any atom is -0.478 e. The Morgan fingerprint density at radius 1 is 1.08 bits per heavy atom. The molecule has 136 valence electrons. The normalized spacial score (nSPS) is 20.3. The number of hydrogen-bond acceptors (Lipinski definition) is 3. The number of aliphatic carboxylic acids is 1. The van der Waals surface area contributed by atoms with Crippen LogP contribution < -0.4 is 0 Å². The molecule has 0 aliphatic carbocycles. The summed E-state index contributed by atoms with van der Waals surface area (Å²) in [4.78, 5) is 10.7. The van der Waals surface area contributed by atoms with Crippen LogP contribution in [0, 0.1) is 0 Å². The lowest BCUT2D eigenvalue weighted by Crippen LogP contribution is -2.22. The van der Waals surface area contributed by atoms with Crippen LogP contribution in [0.3, 0.4) is 0 Å². The van der Waals surface area contributed by atoms with Crippen LogP contribution in [0.4, 0.5) is 0 Å². The summed E-state index contributed by atoms with van der Waals surface area (Å²) in [5.74, 6) is -0.835. The van der Waals surface area contributed by atoms with Gasteiger partial charge in [0.1, 0.15) is 0 Å². The molecule has 1 N–H and O–H groups in total. The highest BCUT2D eigenvalue weighted by molar-refractivity contribution is 5.85. The zero-order valence-electron chi connectivity index (χ0n) is 15.3. The highest BCUT2D eigenvalue weighted by Crippen LogP contribution is 2.15. The van der Waals surface area contributed by atoms with E-state index in [1.165, 1.54) is 17.6 Å². The summed E-state index contributed by atoms with van der Waals surface area (Å²) in [6, 6.07) is 0. The molecule has 0 radical (unpaired) electrons. The van der Waals surface area contributed by atoms with E-state index >= 15 is 0 Å². The van der Waals surface area contributed by atoms with Gasteiger partial charge in [-0.1, -0.05) is 29.4 Å². The Labute approximate surface area is 146 Å². The Bertz CT molecular complexity index is 468. The summed E-state index contributed by atoms with van der Waals surface area (Å²) in [6.45, 7) is 7.31. The second-order valence-electron chi connectivity index (χ2n) is 6.50. The summed E-state index contributed by atoms with van der Waals surface area (Å²) in [7, 11) is 0. The van der Waals surface area contributed by atoms with Crippen molar-refractivity contribution >= 4 is 5.97 Å². The highest BCUT2D eigenvalue weighted by atomic mass is 16.7. The molecule has 0 bridgehead atoms. The van der Waals surface area contributed by atoms with Gasteiger partial charge >= 0.3 is 5.97 Å². The smallest absolute Gasteiger partial charge is 0.330 e. The Morgan fingerprint density at radius 3 is 2.38 bits per heavy atom. The third-order valence-electron chi connectivity index (χ3n) is 4.21. The molecule has 0 aromatic carbocycles. The summed E-state index contributed by atoms with van der Waals surface area (Å²) < 4.78 is 11.2. The van der Waals surface area contributed by atoms with E-state index in [1.807, 2.05) is 0 Å². The minimum absolute atomic E-state index is 0.0211. The van der Waals surface area contributed by atoms with Gasteiger partial charge in [0.15, 0.2) is 6.29 Å². The number of allylic oxidation sites excluding steroid dienone is 4. The number of ether oxygens (including phenoxy) is 2. The lowest BCUT2D eigenvalue weighted by atomic mass is 10.1. The first-order valence-electron chi connectivity index (χ1n) is 8.93. The topological polar surface area (TPSA) is 55.8 Å². The van der Waals surface area contributed by atoms with Crippen molar-refractivity contribution in [3.63, 3.8) is 0 Å². The SMILES string of the molecule is CC(=CCCC(C)=CCOC1CCCCO1)CCC=C(C)C(=O)O. The Morgan fingerprint density at radius 2 is 1.75 bits per heavy atom. The third kappa shape index (κ3) is 9.68. The van der Waals surface area contributed by atoms with Gasteiger partial charge in [0.2, 0.25) is 0 Å². The average molecular weight is 336 g/mol. The maximum atomic E-state index is 10.7. The number of hydrogen-bond donors (Lipinski definition) is 1. The zero-order chi connectivity index (χ0) is 17.8. The van der Waals surface area contributed by atoms with Gasteiger partial charge in [-0.15, -0.1) is 0 Å².